The van der Waals surface area contributed by atoms with Crippen molar-refractivity contribution in [2.45, 2.75) is 36.2 Å². The molecule has 1 fully saturated rings. The monoisotopic (exact) mass is 401 g/mol. The van der Waals surface area contributed by atoms with Gasteiger partial charge in [0.2, 0.25) is 0 Å². The highest BCUT2D eigenvalue weighted by Crippen LogP contribution is 2.51. The van der Waals surface area contributed by atoms with Crippen molar-refractivity contribution in [1.82, 2.24) is 4.90 Å². The van der Waals surface area contributed by atoms with Crippen molar-refractivity contribution < 1.29 is 0 Å². The molecular formula is C27H31NS. The molecule has 150 valence electrons. The topological polar surface area (TPSA) is 3.24 Å². The van der Waals surface area contributed by atoms with E-state index < -0.39 is 0 Å². The Labute approximate surface area is 180 Å². The number of hydrogen-bond donors (Lipinski definition) is 0. The van der Waals surface area contributed by atoms with Crippen molar-refractivity contribution in [3.63, 3.8) is 0 Å². The van der Waals surface area contributed by atoms with Gasteiger partial charge in [-0.15, -0.1) is 11.8 Å². The Morgan fingerprint density at radius 1 is 0.724 bits per heavy atom. The molecule has 0 radical (unpaired) electrons. The number of likely N-dealkylation sites (tertiary alicyclic amines) is 1. The van der Waals surface area contributed by atoms with Gasteiger partial charge in [0.05, 0.1) is 4.75 Å². The van der Waals surface area contributed by atoms with Crippen molar-refractivity contribution >= 4 is 11.8 Å². The van der Waals surface area contributed by atoms with Gasteiger partial charge in [0, 0.05) is 5.25 Å². The van der Waals surface area contributed by atoms with Crippen molar-refractivity contribution in [2.75, 3.05) is 19.6 Å². The molecule has 3 aromatic carbocycles. The Morgan fingerprint density at radius 3 is 1.52 bits per heavy atom. The van der Waals surface area contributed by atoms with E-state index in [9.17, 15) is 0 Å². The largest absolute Gasteiger partial charge is 0.303 e. The van der Waals surface area contributed by atoms with E-state index in [1.165, 1.54) is 55.6 Å². The molecular weight excluding hydrogens is 370 g/mol. The Morgan fingerprint density at radius 2 is 1.14 bits per heavy atom. The van der Waals surface area contributed by atoms with Crippen LogP contribution in [0.15, 0.2) is 91.0 Å². The maximum Gasteiger partial charge on any atom is 0.0909 e. The summed E-state index contributed by atoms with van der Waals surface area (Å²) >= 11 is 2.17. The van der Waals surface area contributed by atoms with E-state index in [-0.39, 0.29) is 4.75 Å². The minimum Gasteiger partial charge on any atom is -0.303 e. The van der Waals surface area contributed by atoms with Gasteiger partial charge in [0.1, 0.15) is 0 Å². The zero-order valence-corrected chi connectivity index (χ0v) is 18.2. The molecule has 0 aliphatic carbocycles. The third-order valence-corrected chi connectivity index (χ3v) is 7.82. The first-order valence-electron chi connectivity index (χ1n) is 10.9. The lowest BCUT2D eigenvalue weighted by molar-refractivity contribution is 0.233. The molecule has 29 heavy (non-hydrogen) atoms. The molecule has 0 spiro atoms. The molecule has 0 amide bonds. The number of piperidine rings is 1. The van der Waals surface area contributed by atoms with Crippen LogP contribution < -0.4 is 0 Å². The number of rotatable bonds is 7. The van der Waals surface area contributed by atoms with E-state index in [1.807, 2.05) is 0 Å². The van der Waals surface area contributed by atoms with Crippen LogP contribution in [-0.2, 0) is 4.75 Å². The number of thioether (sulfide) groups is 1. The van der Waals surface area contributed by atoms with E-state index >= 15 is 0 Å². The molecule has 0 atom stereocenters. The second kappa shape index (κ2) is 9.65. The molecule has 0 N–H and O–H groups in total. The first-order valence-corrected chi connectivity index (χ1v) is 11.8. The summed E-state index contributed by atoms with van der Waals surface area (Å²) in [6.07, 6.45) is 3.78. The zero-order chi connectivity index (χ0) is 19.9. The normalized spacial score (nSPS) is 16.0. The molecule has 1 aliphatic rings. The minimum absolute atomic E-state index is 0.179. The maximum absolute atomic E-state index is 2.63. The van der Waals surface area contributed by atoms with Gasteiger partial charge >= 0.3 is 0 Å². The van der Waals surface area contributed by atoms with Gasteiger partial charge in [-0.3, -0.25) is 0 Å². The lowest BCUT2D eigenvalue weighted by Crippen LogP contribution is -2.38. The summed E-state index contributed by atoms with van der Waals surface area (Å²) in [7, 11) is 0. The van der Waals surface area contributed by atoms with Crippen LogP contribution in [0.1, 0.15) is 42.9 Å². The van der Waals surface area contributed by atoms with E-state index in [0.29, 0.717) is 5.25 Å². The van der Waals surface area contributed by atoms with Crippen LogP contribution in [0.5, 0.6) is 0 Å². The molecule has 0 unspecified atom stereocenters. The summed E-state index contributed by atoms with van der Waals surface area (Å²) in [5.74, 6) is 0. The van der Waals surface area contributed by atoms with E-state index in [1.54, 1.807) is 0 Å². The summed E-state index contributed by atoms with van der Waals surface area (Å²) < 4.78 is -0.179. The van der Waals surface area contributed by atoms with Crippen LogP contribution in [0.25, 0.3) is 0 Å². The first kappa shape index (κ1) is 20.3. The summed E-state index contributed by atoms with van der Waals surface area (Å²) in [4.78, 5) is 2.63. The molecule has 1 heterocycles. The molecule has 0 saturated carbocycles. The number of benzene rings is 3. The molecule has 2 heteroatoms. The van der Waals surface area contributed by atoms with Gasteiger partial charge < -0.3 is 4.90 Å². The van der Waals surface area contributed by atoms with Crippen molar-refractivity contribution in [2.24, 2.45) is 0 Å². The number of nitrogens with zero attached hydrogens (tertiary/aromatic N) is 1. The third-order valence-electron chi connectivity index (χ3n) is 5.96. The molecule has 1 aliphatic heterocycles. The fourth-order valence-electron chi connectivity index (χ4n) is 4.54. The Balaban J connectivity index is 1.76. The highest BCUT2D eigenvalue weighted by Gasteiger charge is 2.39. The van der Waals surface area contributed by atoms with Gasteiger partial charge in [0.25, 0.3) is 0 Å². The SMILES string of the molecule is CCCN1CCC(SC(c2ccccc2)(c2ccccc2)c2ccccc2)CC1. The average Bonchev–Trinajstić information content (AvgIpc) is 2.80. The second-order valence-electron chi connectivity index (χ2n) is 7.94. The minimum atomic E-state index is -0.179. The second-order valence-corrected chi connectivity index (χ2v) is 9.45. The van der Waals surface area contributed by atoms with Crippen LogP contribution in [-0.4, -0.2) is 29.8 Å². The quantitative estimate of drug-likeness (QED) is 0.411. The van der Waals surface area contributed by atoms with Crippen molar-refractivity contribution in [1.29, 1.82) is 0 Å². The molecule has 0 bridgehead atoms. The van der Waals surface area contributed by atoms with E-state index in [0.717, 1.165) is 0 Å². The highest BCUT2D eigenvalue weighted by molar-refractivity contribution is 8.01. The third kappa shape index (κ3) is 4.44. The van der Waals surface area contributed by atoms with Gasteiger partial charge in [0.15, 0.2) is 0 Å². The van der Waals surface area contributed by atoms with Crippen LogP contribution in [0.4, 0.5) is 0 Å². The lowest BCUT2D eigenvalue weighted by atomic mass is 9.84. The molecule has 0 aromatic heterocycles. The fraction of sp³-hybridized carbons (Fsp3) is 0.333. The predicted octanol–water partition coefficient (Wildman–Crippen LogP) is 6.59. The van der Waals surface area contributed by atoms with Gasteiger partial charge in [-0.1, -0.05) is 97.9 Å². The summed E-state index contributed by atoms with van der Waals surface area (Å²) in [6, 6.07) is 33.3. The molecule has 4 rings (SSSR count). The summed E-state index contributed by atoms with van der Waals surface area (Å²) in [5.41, 5.74) is 4.12. The predicted molar refractivity (Wildman–Crippen MR) is 127 cm³/mol. The van der Waals surface area contributed by atoms with E-state index in [2.05, 4.69) is 115 Å². The lowest BCUT2D eigenvalue weighted by Gasteiger charge is -2.41. The summed E-state index contributed by atoms with van der Waals surface area (Å²) in [5, 5.41) is 0.656. The van der Waals surface area contributed by atoms with Crippen LogP contribution in [0, 0.1) is 0 Å². The average molecular weight is 402 g/mol. The van der Waals surface area contributed by atoms with Gasteiger partial charge in [-0.05, 0) is 55.6 Å². The zero-order valence-electron chi connectivity index (χ0n) is 17.3. The van der Waals surface area contributed by atoms with Crippen molar-refractivity contribution in [3.8, 4) is 0 Å². The Bertz CT molecular complexity index is 758. The Kier molecular flexibility index (Phi) is 6.74. The highest BCUT2D eigenvalue weighted by atomic mass is 32.2. The van der Waals surface area contributed by atoms with Crippen LogP contribution >= 0.6 is 11.8 Å². The molecule has 1 nitrogen and oxygen atoms in total. The maximum atomic E-state index is 2.63. The molecule has 1 saturated heterocycles. The van der Waals surface area contributed by atoms with E-state index in [4.69, 9.17) is 0 Å². The first-order chi connectivity index (χ1) is 14.3. The van der Waals surface area contributed by atoms with Gasteiger partial charge in [-0.2, -0.15) is 0 Å². The summed E-state index contributed by atoms with van der Waals surface area (Å²) in [6.45, 7) is 5.96. The fourth-order valence-corrected chi connectivity index (χ4v) is 6.30. The van der Waals surface area contributed by atoms with Crippen molar-refractivity contribution in [3.05, 3.63) is 108 Å². The number of hydrogen-bond acceptors (Lipinski definition) is 2. The smallest absolute Gasteiger partial charge is 0.0909 e. The standard InChI is InChI=1S/C27H31NS/c1-2-20-28-21-18-26(19-22-28)29-27(23-12-6-3-7-13-23,24-14-8-4-9-15-24)25-16-10-5-11-17-25/h3-17,26H,2,18-22H2,1H3. The molecule has 3 aromatic rings. The van der Waals surface area contributed by atoms with Crippen LogP contribution in [0.3, 0.4) is 0 Å². The van der Waals surface area contributed by atoms with Gasteiger partial charge in [-0.25, -0.2) is 0 Å². The van der Waals surface area contributed by atoms with Crippen LogP contribution in [0.2, 0.25) is 0 Å². The Hall–Kier alpha value is -2.03.